The molecule has 0 spiro atoms. The Hall–Kier alpha value is -4.76. The van der Waals surface area contributed by atoms with Crippen LogP contribution in [0.3, 0.4) is 0 Å². The molecule has 2 heterocycles. The number of nitrogens with one attached hydrogen (secondary N) is 1. The standard InChI is InChI=1S/C31H28N4O4S/c1-33(2)23-16-14-22(15-17-23)32-30(38)28(26-13-8-18-40-26)35(19-21-9-4-3-5-10-21)27(36)20-34-25-12-7-6-11-24(25)29(37)31(34)39/h3-18,28H,19-20H2,1-2H3,(H,32,38)/t28-/m0/s1. The highest BCUT2D eigenvalue weighted by Gasteiger charge is 2.39. The molecule has 1 atom stereocenters. The van der Waals surface area contributed by atoms with Crippen LogP contribution in [0.4, 0.5) is 17.1 Å². The van der Waals surface area contributed by atoms with Crippen molar-refractivity contribution < 1.29 is 19.2 Å². The van der Waals surface area contributed by atoms with E-state index in [1.165, 1.54) is 21.1 Å². The van der Waals surface area contributed by atoms with E-state index in [1.807, 2.05) is 91.1 Å². The molecule has 0 saturated carbocycles. The molecule has 0 radical (unpaired) electrons. The van der Waals surface area contributed by atoms with Gasteiger partial charge in [-0.15, -0.1) is 11.3 Å². The molecule has 0 unspecified atom stereocenters. The van der Waals surface area contributed by atoms with Gasteiger partial charge in [0.2, 0.25) is 5.91 Å². The number of fused-ring (bicyclic) bond motifs is 1. The van der Waals surface area contributed by atoms with Crippen LogP contribution in [-0.2, 0) is 20.9 Å². The Kier molecular flexibility index (Phi) is 7.75. The number of amides is 3. The molecule has 0 fully saturated rings. The van der Waals surface area contributed by atoms with Gasteiger partial charge in [0.25, 0.3) is 17.6 Å². The number of nitrogens with zero attached hydrogens (tertiary/aromatic N) is 3. The molecule has 1 aliphatic heterocycles. The van der Waals surface area contributed by atoms with Crippen LogP contribution in [0.1, 0.15) is 26.8 Å². The normalized spacial score (nSPS) is 13.1. The quantitative estimate of drug-likeness (QED) is 0.303. The second-order valence-corrected chi connectivity index (χ2v) is 10.6. The lowest BCUT2D eigenvalue weighted by molar-refractivity contribution is -0.138. The van der Waals surface area contributed by atoms with E-state index in [4.69, 9.17) is 0 Å². The van der Waals surface area contributed by atoms with Crippen molar-refractivity contribution >= 4 is 51.9 Å². The zero-order chi connectivity index (χ0) is 28.2. The van der Waals surface area contributed by atoms with Crippen LogP contribution < -0.4 is 15.1 Å². The Morgan fingerprint density at radius 2 is 1.57 bits per heavy atom. The first-order valence-electron chi connectivity index (χ1n) is 12.7. The number of anilines is 3. The van der Waals surface area contributed by atoms with Crippen molar-refractivity contribution in [3.63, 3.8) is 0 Å². The van der Waals surface area contributed by atoms with Crippen LogP contribution in [0.2, 0.25) is 0 Å². The third kappa shape index (κ3) is 5.50. The molecule has 3 amide bonds. The van der Waals surface area contributed by atoms with Crippen LogP contribution in [0.5, 0.6) is 0 Å². The number of thiophene rings is 1. The molecule has 1 aliphatic rings. The van der Waals surface area contributed by atoms with Crippen LogP contribution in [0.15, 0.2) is 96.4 Å². The summed E-state index contributed by atoms with van der Waals surface area (Å²) in [5.41, 5.74) is 3.06. The summed E-state index contributed by atoms with van der Waals surface area (Å²) in [6.45, 7) is -0.242. The molecule has 4 aromatic rings. The highest BCUT2D eigenvalue weighted by Crippen LogP contribution is 2.32. The summed E-state index contributed by atoms with van der Waals surface area (Å²) in [5.74, 6) is -2.24. The zero-order valence-corrected chi connectivity index (χ0v) is 22.9. The largest absolute Gasteiger partial charge is 0.378 e. The van der Waals surface area contributed by atoms with Crippen molar-refractivity contribution in [2.75, 3.05) is 35.8 Å². The monoisotopic (exact) mass is 552 g/mol. The van der Waals surface area contributed by atoms with E-state index in [0.717, 1.165) is 11.3 Å². The van der Waals surface area contributed by atoms with Crippen molar-refractivity contribution in [2.24, 2.45) is 0 Å². The molecule has 8 nitrogen and oxygen atoms in total. The minimum atomic E-state index is -0.968. The van der Waals surface area contributed by atoms with Gasteiger partial charge in [-0.1, -0.05) is 48.5 Å². The van der Waals surface area contributed by atoms with Gasteiger partial charge in [0, 0.05) is 36.9 Å². The van der Waals surface area contributed by atoms with E-state index in [0.29, 0.717) is 16.3 Å². The lowest BCUT2D eigenvalue weighted by atomic mass is 10.1. The average molecular weight is 553 g/mol. The number of hydrogen-bond donors (Lipinski definition) is 1. The lowest BCUT2D eigenvalue weighted by Gasteiger charge is -2.32. The van der Waals surface area contributed by atoms with Gasteiger partial charge in [-0.2, -0.15) is 0 Å². The number of benzene rings is 3. The SMILES string of the molecule is CN(C)c1ccc(NC(=O)[C@H](c2cccs2)N(Cc2ccccc2)C(=O)CN2C(=O)C(=O)c3ccccc32)cc1. The molecule has 0 saturated heterocycles. The molecule has 1 aromatic heterocycles. The summed E-state index contributed by atoms with van der Waals surface area (Å²) in [4.78, 5) is 58.6. The fraction of sp³-hybridized carbons (Fsp3) is 0.161. The van der Waals surface area contributed by atoms with Crippen LogP contribution in [0.25, 0.3) is 0 Å². The van der Waals surface area contributed by atoms with Gasteiger partial charge in [-0.05, 0) is 53.4 Å². The summed E-state index contributed by atoms with van der Waals surface area (Å²) in [5, 5.41) is 4.82. The number of carbonyl (C=O) groups excluding carboxylic acids is 4. The summed E-state index contributed by atoms with van der Waals surface area (Å²) in [6, 6.07) is 26.1. The maximum absolute atomic E-state index is 14.0. The number of rotatable bonds is 9. The van der Waals surface area contributed by atoms with E-state index in [9.17, 15) is 19.2 Å². The molecule has 202 valence electrons. The third-order valence-electron chi connectivity index (χ3n) is 6.71. The predicted molar refractivity (Wildman–Crippen MR) is 157 cm³/mol. The highest BCUT2D eigenvalue weighted by molar-refractivity contribution is 7.10. The van der Waals surface area contributed by atoms with Crippen molar-refractivity contribution in [2.45, 2.75) is 12.6 Å². The number of ketones is 1. The molecule has 3 aromatic carbocycles. The molecule has 0 bridgehead atoms. The fourth-order valence-electron chi connectivity index (χ4n) is 4.66. The van der Waals surface area contributed by atoms with E-state index < -0.39 is 23.6 Å². The number of Topliss-reactive ketones (excluding diaryl/α,β-unsaturated/α-hetero) is 1. The predicted octanol–water partition coefficient (Wildman–Crippen LogP) is 4.75. The number of para-hydroxylation sites is 1. The van der Waals surface area contributed by atoms with Gasteiger partial charge in [0.1, 0.15) is 12.6 Å². The van der Waals surface area contributed by atoms with E-state index in [-0.39, 0.29) is 24.6 Å². The van der Waals surface area contributed by atoms with Gasteiger partial charge >= 0.3 is 0 Å². The Morgan fingerprint density at radius 3 is 2.25 bits per heavy atom. The first-order valence-corrected chi connectivity index (χ1v) is 13.6. The van der Waals surface area contributed by atoms with Gasteiger partial charge < -0.3 is 15.1 Å². The second kappa shape index (κ2) is 11.5. The molecule has 40 heavy (non-hydrogen) atoms. The molecule has 1 N–H and O–H groups in total. The lowest BCUT2D eigenvalue weighted by Crippen LogP contribution is -2.46. The Morgan fingerprint density at radius 1 is 0.875 bits per heavy atom. The number of hydrogen-bond acceptors (Lipinski definition) is 6. The summed E-state index contributed by atoms with van der Waals surface area (Å²) >= 11 is 1.37. The van der Waals surface area contributed by atoms with Crippen molar-refractivity contribution in [1.29, 1.82) is 0 Å². The summed E-state index contributed by atoms with van der Waals surface area (Å²) in [7, 11) is 3.87. The maximum atomic E-state index is 14.0. The summed E-state index contributed by atoms with van der Waals surface area (Å²) in [6.07, 6.45) is 0. The summed E-state index contributed by atoms with van der Waals surface area (Å²) < 4.78 is 0. The van der Waals surface area contributed by atoms with E-state index in [1.54, 1.807) is 24.3 Å². The maximum Gasteiger partial charge on any atom is 0.299 e. The Balaban J connectivity index is 1.48. The molecular weight excluding hydrogens is 524 g/mol. The van der Waals surface area contributed by atoms with Crippen LogP contribution in [-0.4, -0.2) is 49.0 Å². The Labute approximate surface area is 236 Å². The van der Waals surface area contributed by atoms with Gasteiger partial charge in [-0.3, -0.25) is 24.1 Å². The first kappa shape index (κ1) is 26.8. The number of carbonyl (C=O) groups is 4. The van der Waals surface area contributed by atoms with Crippen LogP contribution in [0, 0.1) is 0 Å². The van der Waals surface area contributed by atoms with E-state index in [2.05, 4.69) is 5.32 Å². The molecule has 0 aliphatic carbocycles. The van der Waals surface area contributed by atoms with Crippen molar-refractivity contribution in [3.05, 3.63) is 112 Å². The van der Waals surface area contributed by atoms with Gasteiger partial charge in [0.05, 0.1) is 11.3 Å². The zero-order valence-electron chi connectivity index (χ0n) is 22.1. The Bertz CT molecular complexity index is 1540. The van der Waals surface area contributed by atoms with Crippen molar-refractivity contribution in [3.8, 4) is 0 Å². The first-order chi connectivity index (χ1) is 19.3. The molecule has 5 rings (SSSR count). The van der Waals surface area contributed by atoms with Gasteiger partial charge in [0.15, 0.2) is 0 Å². The third-order valence-corrected chi connectivity index (χ3v) is 7.64. The second-order valence-electron chi connectivity index (χ2n) is 9.59. The minimum absolute atomic E-state index is 0.132. The smallest absolute Gasteiger partial charge is 0.299 e. The van der Waals surface area contributed by atoms with Crippen molar-refractivity contribution in [1.82, 2.24) is 4.90 Å². The molecular formula is C31H28N4O4S. The van der Waals surface area contributed by atoms with Gasteiger partial charge in [-0.25, -0.2) is 0 Å². The van der Waals surface area contributed by atoms with Crippen LogP contribution >= 0.6 is 11.3 Å². The minimum Gasteiger partial charge on any atom is -0.378 e. The topological polar surface area (TPSA) is 90.0 Å². The van der Waals surface area contributed by atoms with E-state index >= 15 is 0 Å². The average Bonchev–Trinajstić information content (AvgIpc) is 3.57. The highest BCUT2D eigenvalue weighted by atomic mass is 32.1. The molecule has 9 heteroatoms. The fourth-order valence-corrected chi connectivity index (χ4v) is 5.49.